The number of benzene rings is 1. The van der Waals surface area contributed by atoms with E-state index in [0.717, 1.165) is 12.8 Å². The molecule has 1 fully saturated rings. The summed E-state index contributed by atoms with van der Waals surface area (Å²) >= 11 is 0. The summed E-state index contributed by atoms with van der Waals surface area (Å²) in [6, 6.07) is 4.55. The summed E-state index contributed by atoms with van der Waals surface area (Å²) in [6.07, 6.45) is 1.67. The molecular weight excluding hydrogens is 324 g/mol. The van der Waals surface area contributed by atoms with Crippen LogP contribution in [0, 0.1) is 16.0 Å². The first-order valence-corrected chi connectivity index (χ1v) is 8.35. The second-order valence-electron chi connectivity index (χ2n) is 7.67. The van der Waals surface area contributed by atoms with Crippen molar-refractivity contribution in [3.8, 4) is 0 Å². The smallest absolute Gasteiger partial charge is 0.308 e. The molecule has 25 heavy (non-hydrogen) atoms. The lowest BCUT2D eigenvalue weighted by Gasteiger charge is -2.25. The summed E-state index contributed by atoms with van der Waals surface area (Å²) in [5.74, 6) is -2.00. The zero-order valence-electron chi connectivity index (χ0n) is 15.0. The molecule has 1 amide bonds. The van der Waals surface area contributed by atoms with Crippen molar-refractivity contribution in [2.45, 2.75) is 52.0 Å². The molecule has 0 radical (unpaired) electrons. The van der Waals surface area contributed by atoms with Crippen LogP contribution in [0.15, 0.2) is 18.2 Å². The fraction of sp³-hybridized carbons (Fsp3) is 0.556. The van der Waals surface area contributed by atoms with Crippen LogP contribution in [0.1, 0.15) is 56.5 Å². The van der Waals surface area contributed by atoms with E-state index in [0.29, 0.717) is 5.56 Å². The average molecular weight is 348 g/mol. The number of hydrogen-bond donors (Lipinski definition) is 1. The Hall–Kier alpha value is -2.44. The summed E-state index contributed by atoms with van der Waals surface area (Å²) in [7, 11) is 0. The van der Waals surface area contributed by atoms with Crippen LogP contribution in [0.25, 0.3) is 0 Å². The molecule has 7 heteroatoms. The van der Waals surface area contributed by atoms with Gasteiger partial charge in [0.25, 0.3) is 11.6 Å². The maximum absolute atomic E-state index is 12.8. The fourth-order valence-corrected chi connectivity index (χ4v) is 2.77. The molecule has 0 spiro atoms. The van der Waals surface area contributed by atoms with Gasteiger partial charge in [0.05, 0.1) is 10.8 Å². The number of carbonyl (C=O) groups excluding carboxylic acids is 1. The fourth-order valence-electron chi connectivity index (χ4n) is 2.77. The Morgan fingerprint density at radius 3 is 2.40 bits per heavy atom. The number of hydrogen-bond acceptors (Lipinski definition) is 4. The van der Waals surface area contributed by atoms with E-state index in [1.54, 1.807) is 19.1 Å². The van der Waals surface area contributed by atoms with Crippen molar-refractivity contribution < 1.29 is 19.6 Å². The van der Waals surface area contributed by atoms with Crippen LogP contribution in [0.2, 0.25) is 0 Å². The van der Waals surface area contributed by atoms with Crippen LogP contribution in [-0.2, 0) is 10.2 Å². The quantitative estimate of drug-likeness (QED) is 0.628. The molecule has 1 unspecified atom stereocenters. The van der Waals surface area contributed by atoms with Gasteiger partial charge in [-0.05, 0) is 24.3 Å². The molecular formula is C18H24N2O5. The van der Waals surface area contributed by atoms with Crippen molar-refractivity contribution in [3.05, 3.63) is 39.4 Å². The number of nitrogens with zero attached hydrogens (tertiary/aromatic N) is 2. The Labute approximate surface area is 146 Å². The number of nitro benzene ring substituents is 1. The highest BCUT2D eigenvalue weighted by Crippen LogP contribution is 2.34. The molecule has 2 rings (SSSR count). The zero-order chi connectivity index (χ0) is 18.9. The average Bonchev–Trinajstić information content (AvgIpc) is 3.34. The van der Waals surface area contributed by atoms with E-state index in [1.807, 2.05) is 20.8 Å². The van der Waals surface area contributed by atoms with Gasteiger partial charge in [-0.3, -0.25) is 19.7 Å². The van der Waals surface area contributed by atoms with Gasteiger partial charge in [-0.1, -0.05) is 33.8 Å². The van der Waals surface area contributed by atoms with Crippen molar-refractivity contribution in [1.29, 1.82) is 0 Å². The minimum absolute atomic E-state index is 0.0237. The van der Waals surface area contributed by atoms with Gasteiger partial charge in [-0.2, -0.15) is 0 Å². The Bertz CT molecular complexity index is 704. The molecule has 136 valence electrons. The number of rotatable bonds is 6. The highest BCUT2D eigenvalue weighted by molar-refractivity contribution is 5.95. The summed E-state index contributed by atoms with van der Waals surface area (Å²) in [4.78, 5) is 36.4. The van der Waals surface area contributed by atoms with E-state index in [-0.39, 0.29) is 29.7 Å². The van der Waals surface area contributed by atoms with Crippen LogP contribution in [0.4, 0.5) is 5.69 Å². The number of amides is 1. The highest BCUT2D eigenvalue weighted by Gasteiger charge is 2.36. The van der Waals surface area contributed by atoms with Gasteiger partial charge in [-0.25, -0.2) is 0 Å². The normalized spacial score (nSPS) is 15.5. The summed E-state index contributed by atoms with van der Waals surface area (Å²) in [5.41, 5.74) is 0.285. The molecule has 1 aromatic rings. The van der Waals surface area contributed by atoms with Gasteiger partial charge in [0.15, 0.2) is 0 Å². The number of carboxylic acid groups (broad SMARTS) is 1. The maximum atomic E-state index is 12.8. The van der Waals surface area contributed by atoms with Gasteiger partial charge in [0, 0.05) is 29.8 Å². The Morgan fingerprint density at radius 2 is 1.96 bits per heavy atom. The SMILES string of the molecule is CC(CN(C(=O)c1ccc(C(C)(C)C)c([N+](=O)[O-])c1)C1CC1)C(=O)O. The van der Waals surface area contributed by atoms with E-state index in [2.05, 4.69) is 0 Å². The molecule has 0 aromatic heterocycles. The minimum atomic E-state index is -0.965. The van der Waals surface area contributed by atoms with E-state index < -0.39 is 22.2 Å². The Balaban J connectivity index is 2.35. The van der Waals surface area contributed by atoms with Crippen LogP contribution >= 0.6 is 0 Å². The lowest BCUT2D eigenvalue weighted by Crippen LogP contribution is -2.38. The molecule has 1 saturated carbocycles. The molecule has 0 heterocycles. The van der Waals surface area contributed by atoms with Gasteiger partial charge in [0.2, 0.25) is 0 Å². The predicted octanol–water partition coefficient (Wildman–Crippen LogP) is 3.22. The molecule has 0 aliphatic heterocycles. The van der Waals surface area contributed by atoms with Crippen molar-refractivity contribution >= 4 is 17.6 Å². The van der Waals surface area contributed by atoms with Crippen LogP contribution in [0.3, 0.4) is 0 Å². The standard InChI is InChI=1S/C18H24N2O5/c1-11(17(22)23)10-19(13-6-7-13)16(21)12-5-8-14(18(2,3)4)15(9-12)20(24)25/h5,8-9,11,13H,6-7,10H2,1-4H3,(H,22,23). The van der Waals surface area contributed by atoms with Gasteiger partial charge < -0.3 is 10.0 Å². The van der Waals surface area contributed by atoms with E-state index in [9.17, 15) is 19.7 Å². The van der Waals surface area contributed by atoms with E-state index in [1.165, 1.54) is 11.0 Å². The molecule has 1 N–H and O–H groups in total. The van der Waals surface area contributed by atoms with Crippen molar-refractivity contribution in [2.24, 2.45) is 5.92 Å². The number of carbonyl (C=O) groups is 2. The third-order valence-corrected chi connectivity index (χ3v) is 4.39. The lowest BCUT2D eigenvalue weighted by atomic mass is 9.85. The minimum Gasteiger partial charge on any atom is -0.481 e. The zero-order valence-corrected chi connectivity index (χ0v) is 15.0. The number of nitro groups is 1. The first-order chi connectivity index (χ1) is 11.5. The largest absolute Gasteiger partial charge is 0.481 e. The van der Waals surface area contributed by atoms with Crippen molar-refractivity contribution in [1.82, 2.24) is 4.90 Å². The molecule has 1 aliphatic carbocycles. The van der Waals surface area contributed by atoms with E-state index in [4.69, 9.17) is 5.11 Å². The van der Waals surface area contributed by atoms with Crippen LogP contribution in [-0.4, -0.2) is 39.4 Å². The molecule has 1 atom stereocenters. The van der Waals surface area contributed by atoms with Crippen molar-refractivity contribution in [2.75, 3.05) is 6.54 Å². The third-order valence-electron chi connectivity index (χ3n) is 4.39. The maximum Gasteiger partial charge on any atom is 0.308 e. The van der Waals surface area contributed by atoms with Crippen LogP contribution < -0.4 is 0 Å². The monoisotopic (exact) mass is 348 g/mol. The molecule has 0 bridgehead atoms. The Morgan fingerprint density at radius 1 is 1.36 bits per heavy atom. The second kappa shape index (κ2) is 6.82. The first-order valence-electron chi connectivity index (χ1n) is 8.35. The number of aliphatic carboxylic acids is 1. The van der Waals surface area contributed by atoms with E-state index >= 15 is 0 Å². The van der Waals surface area contributed by atoms with Gasteiger partial charge >= 0.3 is 5.97 Å². The molecule has 0 saturated heterocycles. The summed E-state index contributed by atoms with van der Waals surface area (Å²) < 4.78 is 0. The van der Waals surface area contributed by atoms with Gasteiger partial charge in [0.1, 0.15) is 0 Å². The second-order valence-corrected chi connectivity index (χ2v) is 7.67. The predicted molar refractivity (Wildman–Crippen MR) is 92.7 cm³/mol. The molecule has 7 nitrogen and oxygen atoms in total. The molecule has 1 aliphatic rings. The Kier molecular flexibility index (Phi) is 5.15. The summed E-state index contributed by atoms with van der Waals surface area (Å²) in [6.45, 7) is 7.29. The topological polar surface area (TPSA) is 101 Å². The highest BCUT2D eigenvalue weighted by atomic mass is 16.6. The van der Waals surface area contributed by atoms with Crippen LogP contribution in [0.5, 0.6) is 0 Å². The molecule has 1 aromatic carbocycles. The third kappa shape index (κ3) is 4.35. The first kappa shape index (κ1) is 18.9. The lowest BCUT2D eigenvalue weighted by molar-refractivity contribution is -0.386. The van der Waals surface area contributed by atoms with Gasteiger partial charge in [-0.15, -0.1) is 0 Å². The summed E-state index contributed by atoms with van der Waals surface area (Å²) in [5, 5.41) is 20.5. The van der Waals surface area contributed by atoms with Crippen molar-refractivity contribution in [3.63, 3.8) is 0 Å². The number of carboxylic acids is 1.